The van der Waals surface area contributed by atoms with E-state index in [2.05, 4.69) is 15.9 Å². The molecule has 0 fully saturated rings. The van der Waals surface area contributed by atoms with E-state index in [-0.39, 0.29) is 13.0 Å². The van der Waals surface area contributed by atoms with Crippen LogP contribution in [-0.4, -0.2) is 12.8 Å². The summed E-state index contributed by atoms with van der Waals surface area (Å²) in [6.45, 7) is 0.514. The lowest BCUT2D eigenvalue weighted by molar-refractivity contribution is -0.138. The van der Waals surface area contributed by atoms with Crippen molar-refractivity contribution in [3.05, 3.63) is 20.8 Å². The van der Waals surface area contributed by atoms with Crippen LogP contribution in [0.25, 0.3) is 0 Å². The van der Waals surface area contributed by atoms with E-state index >= 15 is 0 Å². The van der Waals surface area contributed by atoms with Gasteiger partial charge in [-0.1, -0.05) is 0 Å². The Bertz CT molecular complexity index is 298. The van der Waals surface area contributed by atoms with Crippen molar-refractivity contribution in [2.24, 2.45) is 0 Å². The molecule has 0 aliphatic carbocycles. The zero-order valence-electron chi connectivity index (χ0n) is 7.81. The average Bonchev–Trinajstić information content (AvgIpc) is 2.49. The first-order valence-corrected chi connectivity index (χ1v) is 6.02. The van der Waals surface area contributed by atoms with E-state index in [1.54, 1.807) is 0 Å². The minimum Gasteiger partial charge on any atom is -0.376 e. The van der Waals surface area contributed by atoms with Gasteiger partial charge in [-0.25, -0.2) is 0 Å². The average molecular weight is 303 g/mol. The van der Waals surface area contributed by atoms with Gasteiger partial charge in [0.05, 0.1) is 6.61 Å². The van der Waals surface area contributed by atoms with Gasteiger partial charge >= 0.3 is 6.18 Å². The molecule has 1 rings (SSSR count). The summed E-state index contributed by atoms with van der Waals surface area (Å²) in [5.74, 6) is 0. The molecule has 0 saturated carbocycles. The van der Waals surface area contributed by atoms with Gasteiger partial charge in [0.15, 0.2) is 0 Å². The van der Waals surface area contributed by atoms with Gasteiger partial charge in [0, 0.05) is 22.4 Å². The van der Waals surface area contributed by atoms with Crippen LogP contribution in [0.2, 0.25) is 0 Å². The number of hydrogen-bond donors (Lipinski definition) is 0. The molecule has 1 heterocycles. The van der Waals surface area contributed by atoms with Gasteiger partial charge in [-0.3, -0.25) is 0 Å². The quantitative estimate of drug-likeness (QED) is 0.734. The monoisotopic (exact) mass is 302 g/mol. The maximum absolute atomic E-state index is 11.8. The second-order valence-electron chi connectivity index (χ2n) is 2.96. The summed E-state index contributed by atoms with van der Waals surface area (Å²) in [5.41, 5.74) is 0. The summed E-state index contributed by atoms with van der Waals surface area (Å²) < 4.78 is 41.4. The van der Waals surface area contributed by atoms with Gasteiger partial charge in [0.1, 0.15) is 0 Å². The lowest BCUT2D eigenvalue weighted by Gasteiger charge is -2.06. The molecule has 1 nitrogen and oxygen atoms in total. The van der Waals surface area contributed by atoms with E-state index in [9.17, 15) is 13.2 Å². The smallest absolute Gasteiger partial charge is 0.376 e. The van der Waals surface area contributed by atoms with Gasteiger partial charge in [0.25, 0.3) is 0 Å². The number of hydrogen-bond acceptors (Lipinski definition) is 2. The fourth-order valence-electron chi connectivity index (χ4n) is 0.968. The molecule has 0 N–H and O–H groups in total. The van der Waals surface area contributed by atoms with Gasteiger partial charge < -0.3 is 4.74 Å². The summed E-state index contributed by atoms with van der Waals surface area (Å²) in [4.78, 5) is 1.00. The number of halogens is 4. The van der Waals surface area contributed by atoms with Crippen molar-refractivity contribution < 1.29 is 17.9 Å². The molecule has 0 saturated heterocycles. The molecule has 0 unspecified atom stereocenters. The van der Waals surface area contributed by atoms with E-state index in [1.807, 2.05) is 11.4 Å². The number of ether oxygens (including phenoxy) is 1. The Labute approximate surface area is 98.4 Å². The fourth-order valence-corrected chi connectivity index (χ4v) is 2.37. The Hall–Kier alpha value is -0.0700. The van der Waals surface area contributed by atoms with Gasteiger partial charge in [-0.05, 0) is 33.8 Å². The standard InChI is InChI=1S/C9H10BrF3OS/c10-7-2-5-15-8(7)6-14-4-1-3-9(11,12)13/h2,5H,1,3-4,6H2. The summed E-state index contributed by atoms with van der Waals surface area (Å²) in [5, 5.41) is 1.90. The largest absolute Gasteiger partial charge is 0.389 e. The van der Waals surface area contributed by atoms with Crippen molar-refractivity contribution >= 4 is 27.3 Å². The van der Waals surface area contributed by atoms with Crippen LogP contribution in [0.1, 0.15) is 17.7 Å². The first kappa shape index (κ1) is 13.0. The molecule has 0 atom stereocenters. The summed E-state index contributed by atoms with van der Waals surface area (Å²) in [6, 6.07) is 1.89. The highest BCUT2D eigenvalue weighted by atomic mass is 79.9. The Kier molecular flexibility index (Phi) is 5.08. The summed E-state index contributed by atoms with van der Waals surface area (Å²) >= 11 is 4.84. The molecule has 86 valence electrons. The second-order valence-corrected chi connectivity index (χ2v) is 4.82. The maximum Gasteiger partial charge on any atom is 0.389 e. The molecule has 0 radical (unpaired) electrons. The topological polar surface area (TPSA) is 9.23 Å². The van der Waals surface area contributed by atoms with Crippen molar-refractivity contribution in [2.75, 3.05) is 6.61 Å². The molecule has 1 aromatic heterocycles. The Balaban J connectivity index is 2.10. The zero-order valence-corrected chi connectivity index (χ0v) is 10.2. The number of thiophene rings is 1. The minimum atomic E-state index is -4.08. The highest BCUT2D eigenvalue weighted by Crippen LogP contribution is 2.24. The highest BCUT2D eigenvalue weighted by Gasteiger charge is 2.25. The molecule has 1 aromatic rings. The lowest BCUT2D eigenvalue weighted by atomic mass is 10.3. The molecular weight excluding hydrogens is 293 g/mol. The number of alkyl halides is 3. The van der Waals surface area contributed by atoms with E-state index in [4.69, 9.17) is 4.74 Å². The van der Waals surface area contributed by atoms with Crippen molar-refractivity contribution in [3.63, 3.8) is 0 Å². The molecule has 0 aromatic carbocycles. The van der Waals surface area contributed by atoms with E-state index in [0.29, 0.717) is 6.61 Å². The molecule has 15 heavy (non-hydrogen) atoms. The van der Waals surface area contributed by atoms with Crippen LogP contribution in [0.15, 0.2) is 15.9 Å². The zero-order chi connectivity index (χ0) is 11.3. The molecule has 0 aliphatic heterocycles. The SMILES string of the molecule is FC(F)(F)CCCOCc1sccc1Br. The van der Waals surface area contributed by atoms with Gasteiger partial charge in [-0.15, -0.1) is 11.3 Å². The minimum absolute atomic E-state index is 0.0203. The van der Waals surface area contributed by atoms with E-state index in [1.165, 1.54) is 11.3 Å². The third kappa shape index (κ3) is 5.53. The first-order chi connectivity index (χ1) is 6.99. The molecule has 0 aliphatic rings. The molecule has 0 spiro atoms. The van der Waals surface area contributed by atoms with Crippen LogP contribution in [0.5, 0.6) is 0 Å². The van der Waals surface area contributed by atoms with Crippen molar-refractivity contribution in [3.8, 4) is 0 Å². The normalized spacial score (nSPS) is 12.0. The van der Waals surface area contributed by atoms with Crippen molar-refractivity contribution in [1.82, 2.24) is 0 Å². The predicted molar refractivity (Wildman–Crippen MR) is 57.0 cm³/mol. The number of rotatable bonds is 5. The predicted octanol–water partition coefficient (Wildman–Crippen LogP) is 4.37. The third-order valence-electron chi connectivity index (χ3n) is 1.67. The Morgan fingerprint density at radius 3 is 2.67 bits per heavy atom. The van der Waals surface area contributed by atoms with Crippen LogP contribution < -0.4 is 0 Å². The second kappa shape index (κ2) is 5.86. The van der Waals surface area contributed by atoms with Gasteiger partial charge in [-0.2, -0.15) is 13.2 Å². The Morgan fingerprint density at radius 1 is 1.40 bits per heavy atom. The molecular formula is C9H10BrF3OS. The maximum atomic E-state index is 11.8. The first-order valence-electron chi connectivity index (χ1n) is 4.35. The summed E-state index contributed by atoms with van der Waals surface area (Å²) in [6.07, 6.45) is -4.84. The summed E-state index contributed by atoms with van der Waals surface area (Å²) in [7, 11) is 0. The molecule has 6 heteroatoms. The van der Waals surface area contributed by atoms with Crippen LogP contribution >= 0.6 is 27.3 Å². The van der Waals surface area contributed by atoms with Crippen molar-refractivity contribution in [1.29, 1.82) is 0 Å². The van der Waals surface area contributed by atoms with Crippen LogP contribution in [0.4, 0.5) is 13.2 Å². The van der Waals surface area contributed by atoms with E-state index in [0.717, 1.165) is 9.35 Å². The Morgan fingerprint density at radius 2 is 2.13 bits per heavy atom. The van der Waals surface area contributed by atoms with Crippen LogP contribution in [0, 0.1) is 0 Å². The van der Waals surface area contributed by atoms with Crippen molar-refractivity contribution in [2.45, 2.75) is 25.6 Å². The molecule has 0 bridgehead atoms. The molecule has 0 amide bonds. The highest BCUT2D eigenvalue weighted by molar-refractivity contribution is 9.10. The third-order valence-corrected chi connectivity index (χ3v) is 3.57. The van der Waals surface area contributed by atoms with Gasteiger partial charge in [0.2, 0.25) is 0 Å². The van der Waals surface area contributed by atoms with E-state index < -0.39 is 12.6 Å². The van der Waals surface area contributed by atoms with Crippen LogP contribution in [0.3, 0.4) is 0 Å². The lowest BCUT2D eigenvalue weighted by Crippen LogP contribution is -2.08. The van der Waals surface area contributed by atoms with Crippen LogP contribution in [-0.2, 0) is 11.3 Å². The fraction of sp³-hybridized carbons (Fsp3) is 0.556.